The maximum absolute atomic E-state index is 12.3. The van der Waals surface area contributed by atoms with E-state index < -0.39 is 0 Å². The Balaban J connectivity index is 1.75. The zero-order valence-corrected chi connectivity index (χ0v) is 14.1. The van der Waals surface area contributed by atoms with E-state index in [1.807, 2.05) is 50.2 Å². The Bertz CT molecular complexity index is 871. The summed E-state index contributed by atoms with van der Waals surface area (Å²) in [5.74, 6) is 0.640. The monoisotopic (exact) mass is 326 g/mol. The van der Waals surface area contributed by atoms with E-state index in [0.717, 1.165) is 27.1 Å². The van der Waals surface area contributed by atoms with Crippen molar-refractivity contribution in [2.24, 2.45) is 0 Å². The van der Waals surface area contributed by atoms with Gasteiger partial charge in [-0.25, -0.2) is 0 Å². The number of hydrogen-bond donors (Lipinski definition) is 2. The van der Waals surface area contributed by atoms with Crippen LogP contribution in [-0.4, -0.2) is 13.0 Å². The Hall–Kier alpha value is -2.53. The maximum atomic E-state index is 12.3. The first-order valence-corrected chi connectivity index (χ1v) is 8.09. The number of rotatable bonds is 4. The summed E-state index contributed by atoms with van der Waals surface area (Å²) in [6.45, 7) is 4.05. The third-order valence-corrected chi connectivity index (χ3v) is 4.75. The fourth-order valence-electron chi connectivity index (χ4n) is 2.40. The zero-order valence-electron chi connectivity index (χ0n) is 13.3. The third kappa shape index (κ3) is 3.29. The topological polar surface area (TPSA) is 50.4 Å². The molecule has 2 aromatic carbocycles. The number of carbonyl (C=O) groups is 1. The van der Waals surface area contributed by atoms with Crippen LogP contribution in [0.3, 0.4) is 0 Å². The first kappa shape index (κ1) is 15.4. The molecule has 1 aromatic heterocycles. The third-order valence-electron chi connectivity index (χ3n) is 3.64. The number of anilines is 1. The number of amides is 1. The first-order valence-electron chi connectivity index (χ1n) is 7.28. The molecule has 0 saturated heterocycles. The Morgan fingerprint density at radius 1 is 1.09 bits per heavy atom. The predicted molar refractivity (Wildman–Crippen MR) is 95.4 cm³/mol. The summed E-state index contributed by atoms with van der Waals surface area (Å²) < 4.78 is 6.27. The highest BCUT2D eigenvalue weighted by Crippen LogP contribution is 2.29. The fraction of sp³-hybridized carbons (Fsp3) is 0.167. The van der Waals surface area contributed by atoms with Crippen LogP contribution in [0.25, 0.3) is 10.1 Å². The fourth-order valence-corrected chi connectivity index (χ4v) is 3.34. The van der Waals surface area contributed by atoms with Crippen LogP contribution >= 0.6 is 11.3 Å². The van der Waals surface area contributed by atoms with Crippen molar-refractivity contribution in [2.75, 3.05) is 12.5 Å². The maximum Gasteiger partial charge on any atom is 0.279 e. The van der Waals surface area contributed by atoms with E-state index in [0.29, 0.717) is 4.88 Å². The largest absolute Gasteiger partial charge is 0.497 e. The number of hydrazine groups is 1. The molecule has 4 nitrogen and oxygen atoms in total. The Labute approximate surface area is 139 Å². The summed E-state index contributed by atoms with van der Waals surface area (Å²) in [6.07, 6.45) is 0. The molecule has 0 radical (unpaired) electrons. The molecule has 0 aliphatic heterocycles. The molecule has 0 spiro atoms. The summed E-state index contributed by atoms with van der Waals surface area (Å²) >= 11 is 1.46. The van der Waals surface area contributed by atoms with Gasteiger partial charge in [0.15, 0.2) is 0 Å². The van der Waals surface area contributed by atoms with Crippen LogP contribution in [0.1, 0.15) is 20.8 Å². The highest BCUT2D eigenvalue weighted by atomic mass is 32.1. The number of carbonyl (C=O) groups excluding carboxylic acids is 1. The molecule has 2 N–H and O–H groups in total. The lowest BCUT2D eigenvalue weighted by Crippen LogP contribution is -2.29. The minimum absolute atomic E-state index is 0.148. The van der Waals surface area contributed by atoms with E-state index in [4.69, 9.17) is 4.74 Å². The number of aryl methyl sites for hydroxylation is 2. The Kier molecular flexibility index (Phi) is 4.21. The quantitative estimate of drug-likeness (QED) is 0.704. The van der Waals surface area contributed by atoms with E-state index in [1.54, 1.807) is 7.11 Å². The molecule has 0 aliphatic rings. The molecule has 3 aromatic rings. The van der Waals surface area contributed by atoms with Gasteiger partial charge in [0.1, 0.15) is 5.75 Å². The van der Waals surface area contributed by atoms with Crippen molar-refractivity contribution >= 4 is 33.0 Å². The summed E-state index contributed by atoms with van der Waals surface area (Å²) in [5.41, 5.74) is 8.92. The molecular formula is C18H18N2O2S. The molecule has 0 unspecified atom stereocenters. The minimum Gasteiger partial charge on any atom is -0.497 e. The average molecular weight is 326 g/mol. The average Bonchev–Trinajstić information content (AvgIpc) is 2.96. The van der Waals surface area contributed by atoms with Gasteiger partial charge in [0.25, 0.3) is 5.91 Å². The summed E-state index contributed by atoms with van der Waals surface area (Å²) in [4.78, 5) is 13.0. The summed E-state index contributed by atoms with van der Waals surface area (Å²) in [6, 6.07) is 13.7. The van der Waals surface area contributed by atoms with Crippen LogP contribution in [0.5, 0.6) is 5.75 Å². The molecule has 3 rings (SSSR count). The van der Waals surface area contributed by atoms with Crippen molar-refractivity contribution in [3.63, 3.8) is 0 Å². The van der Waals surface area contributed by atoms with Crippen LogP contribution in [0, 0.1) is 13.8 Å². The zero-order chi connectivity index (χ0) is 16.4. The van der Waals surface area contributed by atoms with Gasteiger partial charge in [0, 0.05) is 4.70 Å². The van der Waals surface area contributed by atoms with Crippen LogP contribution in [-0.2, 0) is 0 Å². The number of methoxy groups -OCH3 is 1. The van der Waals surface area contributed by atoms with Crippen LogP contribution in [0.2, 0.25) is 0 Å². The van der Waals surface area contributed by atoms with Crippen molar-refractivity contribution in [3.8, 4) is 5.75 Å². The number of benzene rings is 2. The van der Waals surface area contributed by atoms with E-state index in [1.165, 1.54) is 16.9 Å². The lowest BCUT2D eigenvalue weighted by atomic mass is 10.1. The van der Waals surface area contributed by atoms with Gasteiger partial charge in [-0.3, -0.25) is 15.6 Å². The van der Waals surface area contributed by atoms with Crippen molar-refractivity contribution in [2.45, 2.75) is 13.8 Å². The molecule has 0 saturated carbocycles. The predicted octanol–water partition coefficient (Wildman–Crippen LogP) is 4.28. The molecule has 118 valence electrons. The van der Waals surface area contributed by atoms with Gasteiger partial charge in [-0.05, 0) is 55.1 Å². The molecule has 1 heterocycles. The second-order valence-corrected chi connectivity index (χ2v) is 6.50. The Morgan fingerprint density at radius 2 is 1.91 bits per heavy atom. The van der Waals surface area contributed by atoms with Gasteiger partial charge in [-0.2, -0.15) is 0 Å². The van der Waals surface area contributed by atoms with E-state index in [2.05, 4.69) is 16.9 Å². The second-order valence-electron chi connectivity index (χ2n) is 5.41. The second kappa shape index (κ2) is 6.30. The highest BCUT2D eigenvalue weighted by Gasteiger charge is 2.11. The number of nitrogens with one attached hydrogen (secondary N) is 2. The van der Waals surface area contributed by atoms with Gasteiger partial charge in [-0.1, -0.05) is 17.7 Å². The first-order chi connectivity index (χ1) is 11.1. The molecule has 0 bridgehead atoms. The number of hydrogen-bond acceptors (Lipinski definition) is 4. The van der Waals surface area contributed by atoms with Crippen molar-refractivity contribution in [3.05, 3.63) is 58.5 Å². The smallest absolute Gasteiger partial charge is 0.279 e. The lowest BCUT2D eigenvalue weighted by Gasteiger charge is -2.10. The summed E-state index contributed by atoms with van der Waals surface area (Å²) in [7, 11) is 1.63. The van der Waals surface area contributed by atoms with Crippen LogP contribution in [0.4, 0.5) is 5.69 Å². The lowest BCUT2D eigenvalue weighted by molar-refractivity contribution is 0.0966. The van der Waals surface area contributed by atoms with Crippen molar-refractivity contribution in [1.82, 2.24) is 5.43 Å². The molecule has 1 amide bonds. The number of ether oxygens (including phenoxy) is 1. The molecule has 0 fully saturated rings. The number of thiophene rings is 1. The van der Waals surface area contributed by atoms with Gasteiger partial charge < -0.3 is 4.74 Å². The van der Waals surface area contributed by atoms with Crippen LogP contribution < -0.4 is 15.6 Å². The molecular weight excluding hydrogens is 308 g/mol. The molecule has 0 atom stereocenters. The highest BCUT2D eigenvalue weighted by molar-refractivity contribution is 7.20. The van der Waals surface area contributed by atoms with Gasteiger partial charge in [-0.15, -0.1) is 11.3 Å². The van der Waals surface area contributed by atoms with E-state index >= 15 is 0 Å². The summed E-state index contributed by atoms with van der Waals surface area (Å²) in [5, 5.41) is 1.01. The van der Waals surface area contributed by atoms with Gasteiger partial charge >= 0.3 is 0 Å². The van der Waals surface area contributed by atoms with E-state index in [9.17, 15) is 4.79 Å². The number of fused-ring (bicyclic) bond motifs is 1. The van der Waals surface area contributed by atoms with Gasteiger partial charge in [0.2, 0.25) is 0 Å². The van der Waals surface area contributed by atoms with E-state index in [-0.39, 0.29) is 5.91 Å². The van der Waals surface area contributed by atoms with Crippen molar-refractivity contribution in [1.29, 1.82) is 0 Å². The van der Waals surface area contributed by atoms with Crippen LogP contribution in [0.15, 0.2) is 42.5 Å². The SMILES string of the molecule is COc1ccc2sc(C(=O)NNc3ccc(C)cc3C)cc2c1. The molecule has 5 heteroatoms. The molecule has 23 heavy (non-hydrogen) atoms. The van der Waals surface area contributed by atoms with Crippen molar-refractivity contribution < 1.29 is 9.53 Å². The molecule has 0 aliphatic carbocycles. The van der Waals surface area contributed by atoms with Gasteiger partial charge in [0.05, 0.1) is 17.7 Å². The Morgan fingerprint density at radius 3 is 2.65 bits per heavy atom. The normalized spacial score (nSPS) is 10.6. The minimum atomic E-state index is -0.148. The standard InChI is InChI=1S/C18H18N2O2S/c1-11-4-6-15(12(2)8-11)19-20-18(21)17-10-13-9-14(22-3)5-7-16(13)23-17/h4-10,19H,1-3H3,(H,20,21).